The number of rotatable bonds is 3. The lowest BCUT2D eigenvalue weighted by atomic mass is 10.2. The van der Waals surface area contributed by atoms with Crippen molar-refractivity contribution in [1.82, 2.24) is 15.0 Å². The largest absolute Gasteiger partial charge is 0.416 e. The van der Waals surface area contributed by atoms with E-state index in [4.69, 9.17) is 0 Å². The third-order valence-corrected chi connectivity index (χ3v) is 3.95. The van der Waals surface area contributed by atoms with Crippen LogP contribution in [0.1, 0.15) is 5.56 Å². The maximum atomic E-state index is 13.5. The Morgan fingerprint density at radius 2 is 1.78 bits per heavy atom. The minimum Gasteiger partial charge on any atom is -0.338 e. The topological polar surface area (TPSA) is 53.6 Å². The molecule has 0 spiro atoms. The highest BCUT2D eigenvalue weighted by Crippen LogP contribution is 2.32. The molecule has 4 aromatic rings. The zero-order chi connectivity index (χ0) is 19.0. The summed E-state index contributed by atoms with van der Waals surface area (Å²) >= 11 is 0. The maximum absolute atomic E-state index is 13.5. The lowest BCUT2D eigenvalue weighted by molar-refractivity contribution is -0.137. The van der Waals surface area contributed by atoms with Crippen molar-refractivity contribution >= 4 is 22.5 Å². The Morgan fingerprint density at radius 1 is 0.963 bits per heavy atom. The predicted octanol–water partition coefficient (Wildman–Crippen LogP) is 5.53. The van der Waals surface area contributed by atoms with Gasteiger partial charge in [-0.25, -0.2) is 14.4 Å². The Labute approximate surface area is 150 Å². The highest BCUT2D eigenvalue weighted by molar-refractivity contribution is 5.89. The summed E-state index contributed by atoms with van der Waals surface area (Å²) in [6.07, 6.45) is -2.93. The van der Waals surface area contributed by atoms with Gasteiger partial charge < -0.3 is 10.3 Å². The van der Waals surface area contributed by atoms with E-state index in [-0.39, 0.29) is 5.69 Å². The monoisotopic (exact) mass is 372 g/mol. The number of nitrogens with one attached hydrogen (secondary N) is 2. The first-order chi connectivity index (χ1) is 12.9. The maximum Gasteiger partial charge on any atom is 0.416 e. The molecule has 0 fully saturated rings. The van der Waals surface area contributed by atoms with Crippen molar-refractivity contribution < 1.29 is 17.6 Å². The number of hydrogen-bond donors (Lipinski definition) is 2. The molecule has 0 atom stereocenters. The molecule has 4 rings (SSSR count). The molecule has 2 aromatic carbocycles. The van der Waals surface area contributed by atoms with Crippen LogP contribution in [0, 0.1) is 5.82 Å². The van der Waals surface area contributed by atoms with Crippen molar-refractivity contribution in [3.05, 3.63) is 72.2 Å². The zero-order valence-corrected chi connectivity index (χ0v) is 13.7. The van der Waals surface area contributed by atoms with Gasteiger partial charge in [-0.05, 0) is 36.4 Å². The van der Waals surface area contributed by atoms with Gasteiger partial charge in [0.1, 0.15) is 17.2 Å². The molecule has 0 saturated carbocycles. The Balaban J connectivity index is 1.73. The second-order valence-corrected chi connectivity index (χ2v) is 5.86. The van der Waals surface area contributed by atoms with Gasteiger partial charge in [-0.2, -0.15) is 13.2 Å². The summed E-state index contributed by atoms with van der Waals surface area (Å²) in [5.74, 6) is 0.337. The van der Waals surface area contributed by atoms with E-state index in [0.29, 0.717) is 28.2 Å². The molecule has 2 heterocycles. The molecular formula is C19H12F4N4. The van der Waals surface area contributed by atoms with E-state index in [1.165, 1.54) is 30.5 Å². The van der Waals surface area contributed by atoms with Crippen molar-refractivity contribution in [1.29, 1.82) is 0 Å². The number of H-pyrrole nitrogens is 1. The fraction of sp³-hybridized carbons (Fsp3) is 0.0526. The van der Waals surface area contributed by atoms with E-state index in [1.54, 1.807) is 18.2 Å². The van der Waals surface area contributed by atoms with E-state index in [9.17, 15) is 17.6 Å². The van der Waals surface area contributed by atoms with Crippen LogP contribution >= 0.6 is 0 Å². The van der Waals surface area contributed by atoms with Crippen LogP contribution in [-0.4, -0.2) is 15.0 Å². The summed E-state index contributed by atoms with van der Waals surface area (Å²) in [4.78, 5) is 11.7. The highest BCUT2D eigenvalue weighted by atomic mass is 19.4. The van der Waals surface area contributed by atoms with Crippen LogP contribution in [0.15, 0.2) is 60.8 Å². The fourth-order valence-corrected chi connectivity index (χ4v) is 2.71. The molecule has 0 bridgehead atoms. The van der Waals surface area contributed by atoms with Gasteiger partial charge in [0, 0.05) is 17.4 Å². The van der Waals surface area contributed by atoms with Crippen LogP contribution in [0.4, 0.5) is 29.1 Å². The Hall–Kier alpha value is -3.42. The molecule has 136 valence electrons. The zero-order valence-electron chi connectivity index (χ0n) is 13.7. The van der Waals surface area contributed by atoms with Crippen molar-refractivity contribution in [2.75, 3.05) is 5.32 Å². The molecule has 27 heavy (non-hydrogen) atoms. The van der Waals surface area contributed by atoms with Crippen molar-refractivity contribution in [2.45, 2.75) is 6.18 Å². The van der Waals surface area contributed by atoms with E-state index < -0.39 is 17.6 Å². The smallest absolute Gasteiger partial charge is 0.338 e. The normalized spacial score (nSPS) is 11.7. The number of aromatic nitrogens is 3. The number of anilines is 2. The van der Waals surface area contributed by atoms with Gasteiger partial charge in [0.25, 0.3) is 0 Å². The average molecular weight is 372 g/mol. The number of hydrogen-bond acceptors (Lipinski definition) is 3. The van der Waals surface area contributed by atoms with Crippen LogP contribution in [0.5, 0.6) is 0 Å². The average Bonchev–Trinajstić information content (AvgIpc) is 3.07. The molecule has 8 heteroatoms. The van der Waals surface area contributed by atoms with E-state index in [0.717, 1.165) is 12.1 Å². The highest BCUT2D eigenvalue weighted by Gasteiger charge is 2.30. The van der Waals surface area contributed by atoms with Crippen molar-refractivity contribution in [2.24, 2.45) is 0 Å². The van der Waals surface area contributed by atoms with Gasteiger partial charge in [0.15, 0.2) is 5.82 Å². The van der Waals surface area contributed by atoms with Crippen LogP contribution in [-0.2, 0) is 6.18 Å². The lowest BCUT2D eigenvalue weighted by Crippen LogP contribution is -2.05. The number of aromatic amines is 1. The molecule has 0 unspecified atom stereocenters. The SMILES string of the molecule is Fc1cccc(-c2nc3c(Nc4cccc(C(F)(F)F)c4)nccc3[nH]2)c1. The summed E-state index contributed by atoms with van der Waals surface area (Å²) in [7, 11) is 0. The van der Waals surface area contributed by atoms with Crippen LogP contribution in [0.3, 0.4) is 0 Å². The molecule has 2 aromatic heterocycles. The van der Waals surface area contributed by atoms with Gasteiger partial charge >= 0.3 is 6.18 Å². The Kier molecular flexibility index (Phi) is 4.02. The molecule has 0 saturated heterocycles. The van der Waals surface area contributed by atoms with E-state index >= 15 is 0 Å². The van der Waals surface area contributed by atoms with Crippen LogP contribution in [0.2, 0.25) is 0 Å². The summed E-state index contributed by atoms with van der Waals surface area (Å²) in [5, 5.41) is 2.87. The molecule has 0 aliphatic heterocycles. The second kappa shape index (κ2) is 6.39. The van der Waals surface area contributed by atoms with E-state index in [2.05, 4.69) is 20.3 Å². The molecular weight excluding hydrogens is 360 g/mol. The minimum atomic E-state index is -4.44. The van der Waals surface area contributed by atoms with Gasteiger partial charge in [0.2, 0.25) is 0 Å². The minimum absolute atomic E-state index is 0.236. The summed E-state index contributed by atoms with van der Waals surface area (Å²) < 4.78 is 52.1. The van der Waals surface area contributed by atoms with Gasteiger partial charge in [-0.15, -0.1) is 0 Å². The Bertz CT molecular complexity index is 1120. The summed E-state index contributed by atoms with van der Waals surface area (Å²) in [6.45, 7) is 0. The standard InChI is InChI=1S/C19H12F4N4/c20-13-5-1-3-11(9-13)17-26-15-7-8-24-18(16(15)27-17)25-14-6-2-4-12(10-14)19(21,22)23/h1-10H,(H,24,25)(H,26,27). The number of pyridine rings is 1. The van der Waals surface area contributed by atoms with E-state index in [1.807, 2.05) is 0 Å². The van der Waals surface area contributed by atoms with Gasteiger partial charge in [0.05, 0.1) is 11.1 Å². The quantitative estimate of drug-likeness (QED) is 0.465. The summed E-state index contributed by atoms with van der Waals surface area (Å²) in [6, 6.07) is 12.4. The van der Waals surface area contributed by atoms with Gasteiger partial charge in [-0.3, -0.25) is 0 Å². The molecule has 0 aliphatic rings. The van der Waals surface area contributed by atoms with Crippen LogP contribution < -0.4 is 5.32 Å². The van der Waals surface area contributed by atoms with Crippen molar-refractivity contribution in [3.8, 4) is 11.4 Å². The van der Waals surface area contributed by atoms with Crippen molar-refractivity contribution in [3.63, 3.8) is 0 Å². The number of benzene rings is 2. The van der Waals surface area contributed by atoms with Crippen LogP contribution in [0.25, 0.3) is 22.4 Å². The van der Waals surface area contributed by atoms with Gasteiger partial charge in [-0.1, -0.05) is 18.2 Å². The molecule has 4 nitrogen and oxygen atoms in total. The fourth-order valence-electron chi connectivity index (χ4n) is 2.71. The number of fused-ring (bicyclic) bond motifs is 1. The summed E-state index contributed by atoms with van der Waals surface area (Å²) in [5.41, 5.74) is 1.09. The number of imidazole rings is 1. The number of alkyl halides is 3. The third kappa shape index (κ3) is 3.46. The molecule has 0 radical (unpaired) electrons. The first-order valence-electron chi connectivity index (χ1n) is 7.95. The third-order valence-electron chi connectivity index (χ3n) is 3.95. The first-order valence-corrected chi connectivity index (χ1v) is 7.95. The first kappa shape index (κ1) is 17.0. The molecule has 2 N–H and O–H groups in total. The lowest BCUT2D eigenvalue weighted by Gasteiger charge is -2.10. The Morgan fingerprint density at radius 3 is 2.56 bits per heavy atom. The number of halogens is 4. The molecule has 0 aliphatic carbocycles. The number of nitrogens with zero attached hydrogens (tertiary/aromatic N) is 2. The predicted molar refractivity (Wildman–Crippen MR) is 94.0 cm³/mol. The second-order valence-electron chi connectivity index (χ2n) is 5.86. The molecule has 0 amide bonds.